The molecule has 1 aliphatic rings. The summed E-state index contributed by atoms with van der Waals surface area (Å²) < 4.78 is 2.40. The van der Waals surface area contributed by atoms with Crippen molar-refractivity contribution in [1.82, 2.24) is 19.8 Å². The first kappa shape index (κ1) is 22.6. The summed E-state index contributed by atoms with van der Waals surface area (Å²) in [4.78, 5) is 19.4. The molecule has 0 radical (unpaired) electrons. The summed E-state index contributed by atoms with van der Waals surface area (Å²) in [5.74, 6) is 0.206. The average molecular weight is 473 g/mol. The van der Waals surface area contributed by atoms with Crippen molar-refractivity contribution in [3.8, 4) is 0 Å². The highest BCUT2D eigenvalue weighted by molar-refractivity contribution is 6.30. The van der Waals surface area contributed by atoms with Gasteiger partial charge in [0.1, 0.15) is 0 Å². The molecule has 1 N–H and O–H groups in total. The van der Waals surface area contributed by atoms with E-state index in [9.17, 15) is 4.79 Å². The van der Waals surface area contributed by atoms with Crippen molar-refractivity contribution in [3.05, 3.63) is 101 Å². The molecule has 174 valence electrons. The predicted molar refractivity (Wildman–Crippen MR) is 137 cm³/mol. The van der Waals surface area contributed by atoms with Crippen LogP contribution in [0.4, 0.5) is 0 Å². The molecule has 1 aliphatic heterocycles. The number of nitrogens with zero attached hydrogens (tertiary/aromatic N) is 3. The van der Waals surface area contributed by atoms with E-state index in [1.165, 1.54) is 22.2 Å². The Labute approximate surface area is 205 Å². The number of hydrogen-bond donors (Lipinski definition) is 1. The van der Waals surface area contributed by atoms with Gasteiger partial charge in [-0.25, -0.2) is 0 Å². The first-order valence-corrected chi connectivity index (χ1v) is 12.2. The highest BCUT2D eigenvalue weighted by atomic mass is 35.5. The number of hydrogen-bond acceptors (Lipinski definition) is 3. The maximum Gasteiger partial charge on any atom is 0.223 e. The molecule has 0 saturated carbocycles. The second-order valence-corrected chi connectivity index (χ2v) is 9.44. The van der Waals surface area contributed by atoms with Crippen LogP contribution >= 0.6 is 11.6 Å². The van der Waals surface area contributed by atoms with Crippen molar-refractivity contribution in [3.63, 3.8) is 0 Å². The first-order chi connectivity index (χ1) is 16.7. The Bertz CT molecular complexity index is 1260. The van der Waals surface area contributed by atoms with E-state index < -0.39 is 0 Å². The third-order valence-electron chi connectivity index (χ3n) is 6.64. The summed E-state index contributed by atoms with van der Waals surface area (Å²) in [5, 5.41) is 5.07. The quantitative estimate of drug-likeness (QED) is 0.399. The van der Waals surface area contributed by atoms with E-state index >= 15 is 0 Å². The number of likely N-dealkylation sites (tertiary alicyclic amines) is 1. The number of benzene rings is 2. The number of para-hydroxylation sites is 1. The molecule has 2 aromatic heterocycles. The van der Waals surface area contributed by atoms with Crippen LogP contribution in [0.15, 0.2) is 79.0 Å². The number of carbonyl (C=O) groups excluding carboxylic acids is 1. The zero-order valence-corrected chi connectivity index (χ0v) is 19.9. The molecule has 5 nitrogen and oxygen atoms in total. The van der Waals surface area contributed by atoms with Gasteiger partial charge in [0.15, 0.2) is 0 Å². The lowest BCUT2D eigenvalue weighted by Gasteiger charge is -2.31. The lowest BCUT2D eigenvalue weighted by Crippen LogP contribution is -2.40. The summed E-state index contributed by atoms with van der Waals surface area (Å²) in [6, 6.07) is 24.7. The van der Waals surface area contributed by atoms with Crippen LogP contribution in [-0.4, -0.2) is 33.4 Å². The van der Waals surface area contributed by atoms with Crippen LogP contribution in [0.5, 0.6) is 0 Å². The van der Waals surface area contributed by atoms with Crippen LogP contribution in [-0.2, 0) is 24.4 Å². The Morgan fingerprint density at radius 3 is 2.59 bits per heavy atom. The molecule has 1 fully saturated rings. The number of carbonyl (C=O) groups is 1. The number of halogens is 1. The summed E-state index contributed by atoms with van der Waals surface area (Å²) in [6.45, 7) is 3.98. The minimum absolute atomic E-state index is 0.0669. The molecule has 3 heterocycles. The Morgan fingerprint density at radius 1 is 0.971 bits per heavy atom. The topological polar surface area (TPSA) is 50.2 Å². The molecule has 34 heavy (non-hydrogen) atoms. The van der Waals surface area contributed by atoms with Crippen molar-refractivity contribution in [1.29, 1.82) is 0 Å². The lowest BCUT2D eigenvalue weighted by molar-refractivity contribution is -0.126. The molecule has 0 atom stereocenters. The van der Waals surface area contributed by atoms with Gasteiger partial charge in [-0.15, -0.1) is 0 Å². The van der Waals surface area contributed by atoms with Gasteiger partial charge < -0.3 is 9.88 Å². The molecule has 0 unspecified atom stereocenters. The van der Waals surface area contributed by atoms with Gasteiger partial charge in [0.2, 0.25) is 5.91 Å². The lowest BCUT2D eigenvalue weighted by atomic mass is 9.95. The monoisotopic (exact) mass is 472 g/mol. The molecule has 5 rings (SSSR count). The molecule has 2 aromatic carbocycles. The van der Waals surface area contributed by atoms with Gasteiger partial charge in [-0.1, -0.05) is 48.0 Å². The van der Waals surface area contributed by atoms with Gasteiger partial charge in [-0.3, -0.25) is 14.7 Å². The Balaban J connectivity index is 1.23. The zero-order chi connectivity index (χ0) is 23.3. The fourth-order valence-electron chi connectivity index (χ4n) is 4.81. The second-order valence-electron chi connectivity index (χ2n) is 9.00. The molecular weight excluding hydrogens is 444 g/mol. The number of pyridine rings is 1. The normalized spacial score (nSPS) is 15.0. The fourth-order valence-corrected chi connectivity index (χ4v) is 5.02. The Kier molecular flexibility index (Phi) is 6.93. The van der Waals surface area contributed by atoms with Crippen molar-refractivity contribution in [2.24, 2.45) is 5.92 Å². The fraction of sp³-hybridized carbons (Fsp3) is 0.286. The first-order valence-electron chi connectivity index (χ1n) is 11.9. The molecular formula is C28H29ClN4O. The van der Waals surface area contributed by atoms with Crippen LogP contribution in [0, 0.1) is 5.92 Å². The maximum absolute atomic E-state index is 12.7. The van der Waals surface area contributed by atoms with Crippen LogP contribution in [0.3, 0.4) is 0 Å². The zero-order valence-electron chi connectivity index (χ0n) is 19.2. The van der Waals surface area contributed by atoms with Gasteiger partial charge >= 0.3 is 0 Å². The van der Waals surface area contributed by atoms with Crippen LogP contribution in [0.2, 0.25) is 5.02 Å². The molecule has 0 aliphatic carbocycles. The SMILES string of the molecule is O=C(NCc1ccccn1)C1CCN(Cc2cc3ccccc3n2Cc2cccc(Cl)c2)CC1. The highest BCUT2D eigenvalue weighted by Gasteiger charge is 2.25. The molecule has 4 aromatic rings. The Morgan fingerprint density at radius 2 is 1.79 bits per heavy atom. The van der Waals surface area contributed by atoms with Crippen molar-refractivity contribution in [2.75, 3.05) is 13.1 Å². The van der Waals surface area contributed by atoms with Crippen LogP contribution < -0.4 is 5.32 Å². The number of nitrogens with one attached hydrogen (secondary N) is 1. The highest BCUT2D eigenvalue weighted by Crippen LogP contribution is 2.25. The molecule has 0 spiro atoms. The molecule has 1 amide bonds. The third-order valence-corrected chi connectivity index (χ3v) is 6.88. The summed E-state index contributed by atoms with van der Waals surface area (Å²) >= 11 is 6.24. The van der Waals surface area contributed by atoms with Crippen molar-refractivity contribution < 1.29 is 4.79 Å². The van der Waals surface area contributed by atoms with Gasteiger partial charge in [0.05, 0.1) is 12.2 Å². The third kappa shape index (κ3) is 5.32. The number of amides is 1. The van der Waals surface area contributed by atoms with E-state index in [1.807, 2.05) is 36.4 Å². The van der Waals surface area contributed by atoms with E-state index in [0.29, 0.717) is 6.54 Å². The van der Waals surface area contributed by atoms with Crippen molar-refractivity contribution in [2.45, 2.75) is 32.5 Å². The van der Waals surface area contributed by atoms with E-state index in [0.717, 1.165) is 49.7 Å². The van der Waals surface area contributed by atoms with Gasteiger partial charge in [-0.05, 0) is 73.3 Å². The summed E-state index contributed by atoms with van der Waals surface area (Å²) in [7, 11) is 0. The summed E-state index contributed by atoms with van der Waals surface area (Å²) in [5.41, 5.74) is 4.61. The van der Waals surface area contributed by atoms with E-state index in [2.05, 4.69) is 56.2 Å². The van der Waals surface area contributed by atoms with Crippen LogP contribution in [0.1, 0.15) is 29.8 Å². The number of piperidine rings is 1. The molecule has 0 bridgehead atoms. The number of aromatic nitrogens is 2. The van der Waals surface area contributed by atoms with Gasteiger partial charge in [0, 0.05) is 41.4 Å². The minimum atomic E-state index is 0.0669. The molecule has 6 heteroatoms. The maximum atomic E-state index is 12.7. The van der Waals surface area contributed by atoms with E-state index in [4.69, 9.17) is 11.6 Å². The Hall–Kier alpha value is -3.15. The van der Waals surface area contributed by atoms with E-state index in [1.54, 1.807) is 6.20 Å². The standard InChI is InChI=1S/C28H29ClN4O/c29-24-8-5-6-21(16-24)19-33-26(17-23-7-1-2-10-27(23)33)20-32-14-11-22(12-15-32)28(34)31-18-25-9-3-4-13-30-25/h1-10,13,16-17,22H,11-12,14-15,18-20H2,(H,31,34). The molecule has 1 saturated heterocycles. The number of fused-ring (bicyclic) bond motifs is 1. The van der Waals surface area contributed by atoms with Gasteiger partial charge in [-0.2, -0.15) is 0 Å². The second kappa shape index (κ2) is 10.4. The minimum Gasteiger partial charge on any atom is -0.350 e. The largest absolute Gasteiger partial charge is 0.350 e. The van der Waals surface area contributed by atoms with Crippen molar-refractivity contribution >= 4 is 28.4 Å². The van der Waals surface area contributed by atoms with E-state index in [-0.39, 0.29) is 11.8 Å². The van der Waals surface area contributed by atoms with Crippen LogP contribution in [0.25, 0.3) is 10.9 Å². The summed E-state index contributed by atoms with van der Waals surface area (Å²) in [6.07, 6.45) is 3.51. The predicted octanol–water partition coefficient (Wildman–Crippen LogP) is 5.27. The smallest absolute Gasteiger partial charge is 0.223 e. The number of rotatable bonds is 7. The van der Waals surface area contributed by atoms with Gasteiger partial charge in [0.25, 0.3) is 0 Å². The average Bonchev–Trinajstić information content (AvgIpc) is 3.20.